The van der Waals surface area contributed by atoms with Gasteiger partial charge in [-0.15, -0.1) is 0 Å². The summed E-state index contributed by atoms with van der Waals surface area (Å²) in [6.07, 6.45) is 4.45. The molecule has 1 aromatic heterocycles. The van der Waals surface area contributed by atoms with Crippen LogP contribution in [0, 0.1) is 5.92 Å². The quantitative estimate of drug-likeness (QED) is 0.766. The van der Waals surface area contributed by atoms with E-state index in [-0.39, 0.29) is 11.8 Å². The average Bonchev–Trinajstić information content (AvgIpc) is 3.27. The molecule has 0 atom stereocenters. The number of piperidine rings is 1. The summed E-state index contributed by atoms with van der Waals surface area (Å²) in [6.45, 7) is 1.63. The molecule has 2 heterocycles. The Balaban J connectivity index is 1.40. The van der Waals surface area contributed by atoms with E-state index in [1.54, 1.807) is 42.3 Å². The molecular formula is C20H23N3O5. The summed E-state index contributed by atoms with van der Waals surface area (Å²) >= 11 is 0. The predicted octanol–water partition coefficient (Wildman–Crippen LogP) is 1.90. The van der Waals surface area contributed by atoms with Crippen LogP contribution in [0.25, 0.3) is 0 Å². The lowest BCUT2D eigenvalue weighted by Gasteiger charge is -2.31. The number of hydrogen-bond donors (Lipinski definition) is 2. The number of benzene rings is 1. The van der Waals surface area contributed by atoms with E-state index < -0.39 is 11.8 Å². The molecule has 148 valence electrons. The van der Waals surface area contributed by atoms with Gasteiger partial charge in [0.25, 0.3) is 5.91 Å². The van der Waals surface area contributed by atoms with Crippen LogP contribution < -0.4 is 15.4 Å². The van der Waals surface area contributed by atoms with Crippen LogP contribution in [-0.2, 0) is 9.59 Å². The molecular weight excluding hydrogens is 362 g/mol. The molecule has 1 aromatic carbocycles. The van der Waals surface area contributed by atoms with Crippen molar-refractivity contribution in [3.8, 4) is 5.75 Å². The maximum Gasteiger partial charge on any atom is 0.313 e. The van der Waals surface area contributed by atoms with Gasteiger partial charge in [0.2, 0.25) is 0 Å². The number of nitrogens with one attached hydrogen (secondary N) is 2. The van der Waals surface area contributed by atoms with Gasteiger partial charge in [0, 0.05) is 25.3 Å². The van der Waals surface area contributed by atoms with Crippen molar-refractivity contribution in [2.45, 2.75) is 12.8 Å². The number of anilines is 1. The Hall–Kier alpha value is -3.29. The highest BCUT2D eigenvalue weighted by Crippen LogP contribution is 2.19. The molecule has 8 heteroatoms. The van der Waals surface area contributed by atoms with Crippen molar-refractivity contribution in [1.82, 2.24) is 10.2 Å². The number of furan rings is 1. The zero-order valence-electron chi connectivity index (χ0n) is 15.6. The van der Waals surface area contributed by atoms with Gasteiger partial charge in [0.15, 0.2) is 0 Å². The van der Waals surface area contributed by atoms with Crippen molar-refractivity contribution in [2.24, 2.45) is 5.92 Å². The van der Waals surface area contributed by atoms with Gasteiger partial charge in [0.05, 0.1) is 18.9 Å². The minimum absolute atomic E-state index is 0.0462. The van der Waals surface area contributed by atoms with E-state index in [1.807, 2.05) is 0 Å². The fourth-order valence-corrected chi connectivity index (χ4v) is 3.09. The highest BCUT2D eigenvalue weighted by molar-refractivity contribution is 6.39. The summed E-state index contributed by atoms with van der Waals surface area (Å²) in [6, 6.07) is 8.38. The summed E-state index contributed by atoms with van der Waals surface area (Å²) in [5.41, 5.74) is 1.06. The Morgan fingerprint density at radius 2 is 1.82 bits per heavy atom. The molecule has 0 bridgehead atoms. The second-order valence-corrected chi connectivity index (χ2v) is 6.64. The van der Waals surface area contributed by atoms with E-state index in [0.29, 0.717) is 36.6 Å². The first kappa shape index (κ1) is 19.5. The summed E-state index contributed by atoms with van der Waals surface area (Å²) in [5, 5.41) is 5.22. The standard InChI is InChI=1S/C20H23N3O5/c1-27-17-4-2-16(3-5-17)22-19(25)18(24)21-12-14-6-9-23(10-7-14)20(26)15-8-11-28-13-15/h2-5,8,11,13-14H,6-7,9-10,12H2,1H3,(H,21,24)(H,22,25). The first-order valence-corrected chi connectivity index (χ1v) is 9.11. The maximum atomic E-state index is 12.3. The van der Waals surface area contributed by atoms with Crippen molar-refractivity contribution in [3.05, 3.63) is 48.4 Å². The molecule has 0 spiro atoms. The van der Waals surface area contributed by atoms with Gasteiger partial charge < -0.3 is 24.7 Å². The van der Waals surface area contributed by atoms with Crippen LogP contribution in [0.4, 0.5) is 5.69 Å². The summed E-state index contributed by atoms with van der Waals surface area (Å²) in [5.74, 6) is -0.535. The SMILES string of the molecule is COc1ccc(NC(=O)C(=O)NCC2CCN(C(=O)c3ccoc3)CC2)cc1. The van der Waals surface area contributed by atoms with E-state index in [1.165, 1.54) is 12.5 Å². The lowest BCUT2D eigenvalue weighted by atomic mass is 9.96. The normalized spacial score (nSPS) is 14.4. The molecule has 1 fully saturated rings. The fourth-order valence-electron chi connectivity index (χ4n) is 3.09. The Morgan fingerprint density at radius 1 is 1.11 bits per heavy atom. The Labute approximate surface area is 162 Å². The van der Waals surface area contributed by atoms with Crippen LogP contribution >= 0.6 is 0 Å². The van der Waals surface area contributed by atoms with Gasteiger partial charge in [-0.1, -0.05) is 0 Å². The Morgan fingerprint density at radius 3 is 2.43 bits per heavy atom. The van der Waals surface area contributed by atoms with Gasteiger partial charge >= 0.3 is 11.8 Å². The fraction of sp³-hybridized carbons (Fsp3) is 0.350. The third-order valence-electron chi connectivity index (χ3n) is 4.78. The molecule has 2 N–H and O–H groups in total. The smallest absolute Gasteiger partial charge is 0.313 e. The third kappa shape index (κ3) is 4.91. The van der Waals surface area contributed by atoms with Crippen LogP contribution in [0.3, 0.4) is 0 Å². The number of carbonyl (C=O) groups is 3. The molecule has 1 aliphatic rings. The Bertz CT molecular complexity index is 809. The molecule has 0 saturated carbocycles. The van der Waals surface area contributed by atoms with Crippen molar-refractivity contribution in [3.63, 3.8) is 0 Å². The number of amides is 3. The molecule has 28 heavy (non-hydrogen) atoms. The lowest BCUT2D eigenvalue weighted by molar-refractivity contribution is -0.136. The number of hydrogen-bond acceptors (Lipinski definition) is 5. The van der Waals surface area contributed by atoms with Crippen molar-refractivity contribution in [1.29, 1.82) is 0 Å². The largest absolute Gasteiger partial charge is 0.497 e. The van der Waals surface area contributed by atoms with E-state index in [0.717, 1.165) is 12.8 Å². The maximum absolute atomic E-state index is 12.3. The van der Waals surface area contributed by atoms with Crippen LogP contribution in [-0.4, -0.2) is 49.4 Å². The summed E-state index contributed by atoms with van der Waals surface area (Å²) in [7, 11) is 1.55. The monoisotopic (exact) mass is 385 g/mol. The number of methoxy groups -OCH3 is 1. The third-order valence-corrected chi connectivity index (χ3v) is 4.78. The lowest BCUT2D eigenvalue weighted by Crippen LogP contribution is -2.43. The minimum atomic E-state index is -0.710. The van der Waals surface area contributed by atoms with Crippen molar-refractivity contribution >= 4 is 23.4 Å². The first-order chi connectivity index (χ1) is 13.6. The van der Waals surface area contributed by atoms with E-state index in [4.69, 9.17) is 9.15 Å². The average molecular weight is 385 g/mol. The van der Waals surface area contributed by atoms with Gasteiger partial charge in [0.1, 0.15) is 12.0 Å². The first-order valence-electron chi connectivity index (χ1n) is 9.11. The summed E-state index contributed by atoms with van der Waals surface area (Å²) in [4.78, 5) is 38.1. The molecule has 0 aliphatic carbocycles. The molecule has 3 rings (SSSR count). The number of ether oxygens (including phenoxy) is 1. The number of carbonyl (C=O) groups excluding carboxylic acids is 3. The molecule has 0 radical (unpaired) electrons. The second kappa shape index (κ2) is 9.07. The minimum Gasteiger partial charge on any atom is -0.497 e. The molecule has 1 saturated heterocycles. The topological polar surface area (TPSA) is 101 Å². The van der Waals surface area contributed by atoms with Gasteiger partial charge in [-0.3, -0.25) is 14.4 Å². The molecule has 0 unspecified atom stereocenters. The van der Waals surface area contributed by atoms with Crippen molar-refractivity contribution in [2.75, 3.05) is 32.1 Å². The van der Waals surface area contributed by atoms with Crippen molar-refractivity contribution < 1.29 is 23.5 Å². The zero-order chi connectivity index (χ0) is 19.9. The molecule has 3 amide bonds. The number of nitrogens with zero attached hydrogens (tertiary/aromatic N) is 1. The van der Waals surface area contributed by atoms with E-state index in [9.17, 15) is 14.4 Å². The van der Waals surface area contributed by atoms with Gasteiger partial charge in [-0.05, 0) is 49.1 Å². The van der Waals surface area contributed by atoms with E-state index >= 15 is 0 Å². The Kier molecular flexibility index (Phi) is 6.31. The second-order valence-electron chi connectivity index (χ2n) is 6.64. The van der Waals surface area contributed by atoms with Gasteiger partial charge in [-0.2, -0.15) is 0 Å². The van der Waals surface area contributed by atoms with Crippen LogP contribution in [0.1, 0.15) is 23.2 Å². The number of likely N-dealkylation sites (tertiary alicyclic amines) is 1. The van der Waals surface area contributed by atoms with Crippen LogP contribution in [0.15, 0.2) is 47.3 Å². The predicted molar refractivity (Wildman–Crippen MR) is 102 cm³/mol. The summed E-state index contributed by atoms with van der Waals surface area (Å²) < 4.78 is 10.00. The zero-order valence-corrected chi connectivity index (χ0v) is 15.6. The van der Waals surface area contributed by atoms with Crippen LogP contribution in [0.5, 0.6) is 5.75 Å². The highest BCUT2D eigenvalue weighted by Gasteiger charge is 2.25. The molecule has 2 aromatic rings. The van der Waals surface area contributed by atoms with Gasteiger partial charge in [-0.25, -0.2) is 0 Å². The molecule has 1 aliphatic heterocycles. The van der Waals surface area contributed by atoms with Crippen LogP contribution in [0.2, 0.25) is 0 Å². The number of rotatable bonds is 5. The molecule has 8 nitrogen and oxygen atoms in total. The van der Waals surface area contributed by atoms with E-state index in [2.05, 4.69) is 10.6 Å². The highest BCUT2D eigenvalue weighted by atomic mass is 16.5.